The van der Waals surface area contributed by atoms with Crippen molar-refractivity contribution in [3.63, 3.8) is 0 Å². The van der Waals surface area contributed by atoms with Crippen molar-refractivity contribution in [1.82, 2.24) is 0 Å². The van der Waals surface area contributed by atoms with Gasteiger partial charge >= 0.3 is 19.8 Å². The van der Waals surface area contributed by atoms with Crippen molar-refractivity contribution >= 4 is 19.8 Å². The minimum absolute atomic E-state index is 0.0496. The normalized spacial score (nSPS) is 13.8. The summed E-state index contributed by atoms with van der Waals surface area (Å²) < 4.78 is 32.6. The van der Waals surface area contributed by atoms with Crippen molar-refractivity contribution in [1.29, 1.82) is 0 Å². The molecule has 0 aliphatic carbocycles. The molecular formula is C39H72NO8P. The van der Waals surface area contributed by atoms with Crippen LogP contribution in [0.2, 0.25) is 0 Å². The number of nitrogens with two attached hydrogens (primary N) is 1. The van der Waals surface area contributed by atoms with Crippen LogP contribution < -0.4 is 5.73 Å². The van der Waals surface area contributed by atoms with Gasteiger partial charge in [0.1, 0.15) is 6.61 Å². The Hall–Kier alpha value is -1.77. The molecule has 0 radical (unpaired) electrons. The first-order valence-electron chi connectivity index (χ1n) is 19.5. The van der Waals surface area contributed by atoms with Crippen molar-refractivity contribution in [3.05, 3.63) is 36.5 Å². The molecular weight excluding hydrogens is 641 g/mol. The molecule has 0 amide bonds. The topological polar surface area (TPSA) is 134 Å². The van der Waals surface area contributed by atoms with Gasteiger partial charge in [0.2, 0.25) is 0 Å². The van der Waals surface area contributed by atoms with Gasteiger partial charge in [-0.1, -0.05) is 140 Å². The highest BCUT2D eigenvalue weighted by Gasteiger charge is 2.25. The Bertz CT molecular complexity index is 907. The first-order chi connectivity index (χ1) is 23.8. The average molecular weight is 714 g/mol. The standard InChI is InChI=1S/C39H72NO8P/c1-3-5-7-9-11-13-15-16-17-18-19-20-22-24-26-28-30-32-39(42)48-37(36-47-49(43,44)46-34-33-40)35-45-38(41)31-29-27-25-23-21-14-12-10-8-6-4-2/h11,13,16-17,19-20,37H,3-10,12,14-15,18,21-36,40H2,1-2H3,(H,43,44)/b13-11-,17-16-,20-19-/t37-/m1/s1. The second-order valence-electron chi connectivity index (χ2n) is 12.8. The van der Waals surface area contributed by atoms with Crippen LogP contribution in [0.25, 0.3) is 0 Å². The Morgan fingerprint density at radius 1 is 0.612 bits per heavy atom. The predicted molar refractivity (Wildman–Crippen MR) is 201 cm³/mol. The van der Waals surface area contributed by atoms with Gasteiger partial charge < -0.3 is 20.1 Å². The SMILES string of the molecule is CCCCC/C=C\C/C=C\C/C=C\CCCCCCC(=O)O[C@H](COC(=O)CCCCCCCCCCCCC)COP(=O)(O)OCCN. The van der Waals surface area contributed by atoms with Crippen molar-refractivity contribution < 1.29 is 37.6 Å². The second-order valence-corrected chi connectivity index (χ2v) is 14.3. The minimum atomic E-state index is -4.37. The molecule has 0 aromatic carbocycles. The maximum absolute atomic E-state index is 12.5. The van der Waals surface area contributed by atoms with Crippen LogP contribution in [0.3, 0.4) is 0 Å². The van der Waals surface area contributed by atoms with E-state index in [0.717, 1.165) is 57.8 Å². The highest BCUT2D eigenvalue weighted by molar-refractivity contribution is 7.47. The van der Waals surface area contributed by atoms with Crippen molar-refractivity contribution in [2.45, 2.75) is 174 Å². The summed E-state index contributed by atoms with van der Waals surface area (Å²) in [6.45, 7) is 3.66. The maximum Gasteiger partial charge on any atom is 0.472 e. The molecule has 10 heteroatoms. The zero-order valence-corrected chi connectivity index (χ0v) is 32.1. The van der Waals surface area contributed by atoms with Crippen LogP contribution in [0.4, 0.5) is 0 Å². The Balaban J connectivity index is 4.26. The molecule has 9 nitrogen and oxygen atoms in total. The number of esters is 2. The van der Waals surface area contributed by atoms with E-state index < -0.39 is 26.5 Å². The lowest BCUT2D eigenvalue weighted by Gasteiger charge is -2.19. The number of hydrogen-bond donors (Lipinski definition) is 2. The van der Waals surface area contributed by atoms with Crippen LogP contribution in [0.5, 0.6) is 0 Å². The summed E-state index contributed by atoms with van der Waals surface area (Å²) in [5.74, 6) is -0.855. The lowest BCUT2D eigenvalue weighted by Crippen LogP contribution is -2.29. The second kappa shape index (κ2) is 36.0. The molecule has 0 aliphatic heterocycles. The van der Waals surface area contributed by atoms with Gasteiger partial charge in [0, 0.05) is 19.4 Å². The number of phosphoric ester groups is 1. The number of carbonyl (C=O) groups excluding carboxylic acids is 2. The van der Waals surface area contributed by atoms with E-state index in [1.807, 2.05) is 0 Å². The van der Waals surface area contributed by atoms with E-state index in [-0.39, 0.29) is 38.6 Å². The van der Waals surface area contributed by atoms with E-state index in [0.29, 0.717) is 6.42 Å². The van der Waals surface area contributed by atoms with Gasteiger partial charge in [0.05, 0.1) is 13.2 Å². The van der Waals surface area contributed by atoms with E-state index in [2.05, 4.69) is 50.3 Å². The molecule has 0 fully saturated rings. The summed E-state index contributed by atoms with van der Waals surface area (Å²) >= 11 is 0. The molecule has 0 spiro atoms. The van der Waals surface area contributed by atoms with Crippen LogP contribution in [0.1, 0.15) is 168 Å². The van der Waals surface area contributed by atoms with Gasteiger partial charge in [-0.15, -0.1) is 0 Å². The van der Waals surface area contributed by atoms with E-state index >= 15 is 0 Å². The van der Waals surface area contributed by atoms with Gasteiger partial charge in [-0.3, -0.25) is 18.6 Å². The van der Waals surface area contributed by atoms with Gasteiger partial charge in [-0.05, 0) is 51.4 Å². The van der Waals surface area contributed by atoms with Crippen molar-refractivity contribution in [3.8, 4) is 0 Å². The zero-order chi connectivity index (χ0) is 36.1. The van der Waals surface area contributed by atoms with Crippen molar-refractivity contribution in [2.24, 2.45) is 5.73 Å². The Morgan fingerprint density at radius 3 is 1.61 bits per heavy atom. The molecule has 2 atom stereocenters. The van der Waals surface area contributed by atoms with Crippen molar-refractivity contribution in [2.75, 3.05) is 26.4 Å². The third-order valence-electron chi connectivity index (χ3n) is 8.03. The van der Waals surface area contributed by atoms with E-state index in [1.54, 1.807) is 0 Å². The summed E-state index contributed by atoms with van der Waals surface area (Å²) in [5, 5.41) is 0. The van der Waals surface area contributed by atoms with Gasteiger partial charge in [-0.25, -0.2) is 4.57 Å². The summed E-state index contributed by atoms with van der Waals surface area (Å²) in [4.78, 5) is 34.7. The lowest BCUT2D eigenvalue weighted by atomic mass is 10.1. The molecule has 3 N–H and O–H groups in total. The molecule has 0 aromatic heterocycles. The monoisotopic (exact) mass is 713 g/mol. The number of carbonyl (C=O) groups is 2. The molecule has 0 heterocycles. The Morgan fingerprint density at radius 2 is 1.06 bits per heavy atom. The number of unbranched alkanes of at least 4 members (excludes halogenated alkanes) is 17. The summed E-state index contributed by atoms with van der Waals surface area (Å²) in [6.07, 6.45) is 37.4. The predicted octanol–water partition coefficient (Wildman–Crippen LogP) is 10.6. The van der Waals surface area contributed by atoms with Crippen LogP contribution in [0.15, 0.2) is 36.5 Å². The Labute approximate surface area is 299 Å². The quantitative estimate of drug-likeness (QED) is 0.0281. The van der Waals surface area contributed by atoms with Gasteiger partial charge in [0.25, 0.3) is 0 Å². The fraction of sp³-hybridized carbons (Fsp3) is 0.795. The number of rotatable bonds is 36. The summed E-state index contributed by atoms with van der Waals surface area (Å²) in [7, 11) is -4.37. The molecule has 0 saturated carbocycles. The highest BCUT2D eigenvalue weighted by Crippen LogP contribution is 2.43. The van der Waals surface area contributed by atoms with Crippen LogP contribution in [-0.2, 0) is 32.7 Å². The first kappa shape index (κ1) is 47.2. The van der Waals surface area contributed by atoms with E-state index in [1.165, 1.54) is 77.0 Å². The smallest absolute Gasteiger partial charge is 0.462 e. The molecule has 0 aliphatic rings. The minimum Gasteiger partial charge on any atom is -0.462 e. The fourth-order valence-corrected chi connectivity index (χ4v) is 5.88. The summed E-state index contributed by atoms with van der Waals surface area (Å²) in [6, 6.07) is 0. The van der Waals surface area contributed by atoms with Gasteiger partial charge in [0.15, 0.2) is 6.10 Å². The molecule has 0 aromatic rings. The first-order valence-corrected chi connectivity index (χ1v) is 21.0. The highest BCUT2D eigenvalue weighted by atomic mass is 31.2. The molecule has 0 saturated heterocycles. The third kappa shape index (κ3) is 35.8. The summed E-state index contributed by atoms with van der Waals surface area (Å²) in [5.41, 5.74) is 5.33. The van der Waals surface area contributed by atoms with Gasteiger partial charge in [-0.2, -0.15) is 0 Å². The zero-order valence-electron chi connectivity index (χ0n) is 31.2. The average Bonchev–Trinajstić information content (AvgIpc) is 3.08. The largest absolute Gasteiger partial charge is 0.472 e. The van der Waals surface area contributed by atoms with E-state index in [4.69, 9.17) is 24.3 Å². The van der Waals surface area contributed by atoms with Crippen LogP contribution in [-0.4, -0.2) is 49.3 Å². The lowest BCUT2D eigenvalue weighted by molar-refractivity contribution is -0.161. The molecule has 49 heavy (non-hydrogen) atoms. The molecule has 286 valence electrons. The third-order valence-corrected chi connectivity index (χ3v) is 9.01. The maximum atomic E-state index is 12.5. The molecule has 0 bridgehead atoms. The Kier molecular flexibility index (Phi) is 34.7. The molecule has 0 rings (SSSR count). The van der Waals surface area contributed by atoms with Crippen LogP contribution >= 0.6 is 7.82 Å². The number of ether oxygens (including phenoxy) is 2. The molecule has 1 unspecified atom stereocenters. The fourth-order valence-electron chi connectivity index (χ4n) is 5.11. The number of phosphoric acid groups is 1. The van der Waals surface area contributed by atoms with Crippen LogP contribution in [0, 0.1) is 0 Å². The number of hydrogen-bond acceptors (Lipinski definition) is 8. The number of allylic oxidation sites excluding steroid dienone is 6. The van der Waals surface area contributed by atoms with E-state index in [9.17, 15) is 19.0 Å².